The van der Waals surface area contributed by atoms with Crippen molar-refractivity contribution in [3.8, 4) is 0 Å². The van der Waals surface area contributed by atoms with Crippen LogP contribution in [0.15, 0.2) is 36.5 Å². The Morgan fingerprint density at radius 3 is 2.44 bits per heavy atom. The Morgan fingerprint density at radius 1 is 1.17 bits per heavy atom. The summed E-state index contributed by atoms with van der Waals surface area (Å²) in [5.74, 6) is 0.591. The lowest BCUT2D eigenvalue weighted by Crippen LogP contribution is -2.61. The van der Waals surface area contributed by atoms with Gasteiger partial charge in [0.1, 0.15) is 11.4 Å². The van der Waals surface area contributed by atoms with Crippen LogP contribution in [0.1, 0.15) is 91.5 Å². The molecule has 0 spiro atoms. The van der Waals surface area contributed by atoms with Crippen LogP contribution < -0.4 is 5.32 Å². The van der Waals surface area contributed by atoms with E-state index in [1.54, 1.807) is 0 Å². The second-order valence-electron chi connectivity index (χ2n) is 14.6. The van der Waals surface area contributed by atoms with Crippen molar-refractivity contribution in [1.82, 2.24) is 20.0 Å². The zero-order valence-corrected chi connectivity index (χ0v) is 25.4. The van der Waals surface area contributed by atoms with Gasteiger partial charge in [0.15, 0.2) is 0 Å². The van der Waals surface area contributed by atoms with Crippen molar-refractivity contribution in [3.05, 3.63) is 47.9 Å². The van der Waals surface area contributed by atoms with Gasteiger partial charge in [-0.25, -0.2) is 9.18 Å². The first-order valence-corrected chi connectivity index (χ1v) is 15.6. The number of nitrogens with zero attached hydrogens (tertiary/aromatic N) is 3. The molecule has 8 heteroatoms. The van der Waals surface area contributed by atoms with Gasteiger partial charge in [0.2, 0.25) is 5.91 Å². The molecule has 1 aromatic carbocycles. The topological polar surface area (TPSA) is 65.1 Å². The van der Waals surface area contributed by atoms with E-state index in [0.717, 1.165) is 62.8 Å². The fraction of sp³-hybridized carbons (Fsp3) is 0.697. The van der Waals surface area contributed by atoms with Gasteiger partial charge >= 0.3 is 6.09 Å². The molecule has 0 aromatic heterocycles. The predicted molar refractivity (Wildman–Crippen MR) is 157 cm³/mol. The second-order valence-corrected chi connectivity index (χ2v) is 14.6. The quantitative estimate of drug-likeness (QED) is 0.469. The lowest BCUT2D eigenvalue weighted by Gasteiger charge is -2.50. The third-order valence-electron chi connectivity index (χ3n) is 10.6. The zero-order chi connectivity index (χ0) is 29.3. The van der Waals surface area contributed by atoms with Crippen molar-refractivity contribution in [2.45, 2.75) is 127 Å². The van der Waals surface area contributed by atoms with Gasteiger partial charge in [-0.05, 0) is 90.3 Å². The van der Waals surface area contributed by atoms with Crippen molar-refractivity contribution in [1.29, 1.82) is 0 Å². The Bertz CT molecular complexity index is 1210. The number of likely N-dealkylation sites (tertiary alicyclic amines) is 3. The number of ether oxygens (including phenoxy) is 1. The third-order valence-corrected chi connectivity index (χ3v) is 10.6. The maximum absolute atomic E-state index is 14.2. The molecule has 4 unspecified atom stereocenters. The number of carbonyl (C=O) groups excluding carboxylic acids is 2. The molecule has 2 amide bonds. The van der Waals surface area contributed by atoms with E-state index < -0.39 is 11.7 Å². The zero-order valence-electron chi connectivity index (χ0n) is 25.4. The molecule has 7 nitrogen and oxygen atoms in total. The normalized spacial score (nSPS) is 33.1. The van der Waals surface area contributed by atoms with Crippen LogP contribution in [0.25, 0.3) is 0 Å². The number of halogens is 1. The number of hydrogen-bond acceptors (Lipinski definition) is 5. The summed E-state index contributed by atoms with van der Waals surface area (Å²) in [6, 6.07) is 6.70. The smallest absolute Gasteiger partial charge is 0.408 e. The minimum absolute atomic E-state index is 0.0992. The predicted octanol–water partition coefficient (Wildman–Crippen LogP) is 5.55. The van der Waals surface area contributed by atoms with E-state index in [4.69, 9.17) is 4.74 Å². The number of alkyl carbamates (subject to hydrolysis) is 1. The Kier molecular flexibility index (Phi) is 6.95. The highest BCUT2D eigenvalue weighted by Crippen LogP contribution is 2.59. The SMILES string of the molecule is C=C(C(CN1C[C@@H]2CC1C(=O)N2C1(c2ccc(F)cc2)CCCCC1)NC(=O)OC(C)(C)C)N1C(C)CC2C[C@]21C. The fourth-order valence-electron chi connectivity index (χ4n) is 8.78. The molecule has 2 saturated carbocycles. The van der Waals surface area contributed by atoms with E-state index in [9.17, 15) is 14.0 Å². The van der Waals surface area contributed by atoms with E-state index in [1.807, 2.05) is 32.9 Å². The number of amides is 2. The molecule has 5 fully saturated rings. The minimum atomic E-state index is -0.609. The first kappa shape index (κ1) is 28.5. The molecule has 1 aromatic rings. The van der Waals surface area contributed by atoms with Gasteiger partial charge in [-0.1, -0.05) is 38.0 Å². The van der Waals surface area contributed by atoms with Crippen molar-refractivity contribution < 1.29 is 18.7 Å². The average molecular weight is 567 g/mol. The summed E-state index contributed by atoms with van der Waals surface area (Å²) in [6.07, 6.45) is 7.76. The summed E-state index contributed by atoms with van der Waals surface area (Å²) >= 11 is 0. The van der Waals surface area contributed by atoms with Crippen LogP contribution in [-0.4, -0.2) is 75.1 Å². The van der Waals surface area contributed by atoms with Crippen LogP contribution in [0, 0.1) is 11.7 Å². The standard InChI is InChI=1S/C33H47FN4O3/c1-21-16-24-18-32(24,6)37(21)22(2)27(35-30(40)41-31(3,4)5)20-36-19-26-17-28(36)29(39)38(26)33(14-8-7-9-15-33)23-10-12-25(34)13-11-23/h10-13,21,24,26-28H,2,7-9,14-20H2,1,3-6H3,(H,35,40)/t21?,24?,26-,27?,28?,32+/m0/s1. The number of hydrogen-bond donors (Lipinski definition) is 1. The molecule has 6 atom stereocenters. The maximum atomic E-state index is 14.2. The van der Waals surface area contributed by atoms with E-state index in [0.29, 0.717) is 18.5 Å². The highest BCUT2D eigenvalue weighted by atomic mass is 19.1. The molecular weight excluding hydrogens is 519 g/mol. The molecule has 41 heavy (non-hydrogen) atoms. The van der Waals surface area contributed by atoms with Crippen LogP contribution in [0.4, 0.5) is 9.18 Å². The molecule has 2 aliphatic carbocycles. The van der Waals surface area contributed by atoms with Gasteiger partial charge in [0.05, 0.1) is 17.6 Å². The molecule has 3 heterocycles. The van der Waals surface area contributed by atoms with Gasteiger partial charge < -0.3 is 19.9 Å². The number of fused-ring (bicyclic) bond motifs is 3. The summed E-state index contributed by atoms with van der Waals surface area (Å²) in [6.45, 7) is 15.9. The summed E-state index contributed by atoms with van der Waals surface area (Å²) in [7, 11) is 0. The lowest BCUT2D eigenvalue weighted by molar-refractivity contribution is -0.146. The monoisotopic (exact) mass is 566 g/mol. The summed E-state index contributed by atoms with van der Waals surface area (Å²) in [4.78, 5) is 34.0. The average Bonchev–Trinajstić information content (AvgIpc) is 3.15. The fourth-order valence-corrected chi connectivity index (χ4v) is 8.78. The third kappa shape index (κ3) is 4.94. The largest absolute Gasteiger partial charge is 0.444 e. The van der Waals surface area contributed by atoms with E-state index >= 15 is 0 Å². The van der Waals surface area contributed by atoms with Crippen LogP contribution in [0.5, 0.6) is 0 Å². The van der Waals surface area contributed by atoms with Gasteiger partial charge in [0.25, 0.3) is 0 Å². The maximum Gasteiger partial charge on any atom is 0.408 e. The molecule has 224 valence electrons. The van der Waals surface area contributed by atoms with E-state index in [-0.39, 0.29) is 40.9 Å². The van der Waals surface area contributed by atoms with Gasteiger partial charge in [-0.2, -0.15) is 0 Å². The summed E-state index contributed by atoms with van der Waals surface area (Å²) < 4.78 is 19.5. The molecular formula is C33H47FN4O3. The highest BCUT2D eigenvalue weighted by Gasteiger charge is 2.62. The number of piperazine rings is 1. The van der Waals surface area contributed by atoms with Crippen molar-refractivity contribution in [2.75, 3.05) is 13.1 Å². The number of carbonyl (C=O) groups is 2. The first-order chi connectivity index (χ1) is 19.3. The number of rotatable bonds is 7. The van der Waals surface area contributed by atoms with Gasteiger partial charge in [-0.3, -0.25) is 9.69 Å². The van der Waals surface area contributed by atoms with Crippen LogP contribution in [0.2, 0.25) is 0 Å². The molecule has 5 aliphatic rings. The molecule has 3 saturated heterocycles. The molecule has 2 bridgehead atoms. The van der Waals surface area contributed by atoms with Crippen LogP contribution in [0.3, 0.4) is 0 Å². The first-order valence-electron chi connectivity index (χ1n) is 15.6. The number of benzene rings is 1. The summed E-state index contributed by atoms with van der Waals surface area (Å²) in [5, 5.41) is 3.14. The Balaban J connectivity index is 1.23. The number of piperidine rings is 1. The molecule has 1 N–H and O–H groups in total. The number of nitrogens with one attached hydrogen (secondary N) is 1. The van der Waals surface area contributed by atoms with Crippen molar-refractivity contribution in [3.63, 3.8) is 0 Å². The van der Waals surface area contributed by atoms with Gasteiger partial charge in [-0.15, -0.1) is 0 Å². The lowest BCUT2D eigenvalue weighted by atomic mass is 9.74. The van der Waals surface area contributed by atoms with Crippen LogP contribution in [-0.2, 0) is 15.1 Å². The second kappa shape index (κ2) is 9.99. The Hall–Kier alpha value is -2.61. The van der Waals surface area contributed by atoms with E-state index in [1.165, 1.54) is 18.6 Å². The molecule has 3 aliphatic heterocycles. The summed E-state index contributed by atoms with van der Waals surface area (Å²) in [5.41, 5.74) is 1.09. The van der Waals surface area contributed by atoms with Gasteiger partial charge in [0, 0.05) is 36.4 Å². The molecule has 0 radical (unpaired) electrons. The van der Waals surface area contributed by atoms with Crippen LogP contribution >= 0.6 is 0 Å². The minimum Gasteiger partial charge on any atom is -0.444 e. The highest BCUT2D eigenvalue weighted by molar-refractivity contribution is 5.87. The molecule has 6 rings (SSSR count). The Morgan fingerprint density at radius 2 is 1.85 bits per heavy atom. The Labute approximate surface area is 244 Å². The van der Waals surface area contributed by atoms with Crippen molar-refractivity contribution >= 4 is 12.0 Å². The van der Waals surface area contributed by atoms with E-state index in [2.05, 4.69) is 40.4 Å². The van der Waals surface area contributed by atoms with Crippen molar-refractivity contribution in [2.24, 2.45) is 5.92 Å².